The molecule has 1 aliphatic heterocycles. The van der Waals surface area contributed by atoms with Gasteiger partial charge in [-0.3, -0.25) is 0 Å². The predicted molar refractivity (Wildman–Crippen MR) is 41.0 cm³/mol. The number of carbonyl (C=O) groups excluding carboxylic acids is 1. The number of aliphatic hydroxyl groups is 1. The second kappa shape index (κ2) is 2.70. The van der Waals surface area contributed by atoms with Crippen LogP contribution in [0.3, 0.4) is 0 Å². The highest BCUT2D eigenvalue weighted by atomic mass is 16.3. The van der Waals surface area contributed by atoms with Crippen molar-refractivity contribution in [2.75, 3.05) is 14.1 Å². The van der Waals surface area contributed by atoms with Crippen molar-refractivity contribution in [1.29, 1.82) is 0 Å². The summed E-state index contributed by atoms with van der Waals surface area (Å²) in [7, 11) is 3.35. The molecule has 1 rings (SSSR count). The van der Waals surface area contributed by atoms with E-state index in [9.17, 15) is 9.90 Å². The molecular formula is C7H14N2O2. The molecule has 0 aromatic carbocycles. The van der Waals surface area contributed by atoms with Crippen molar-refractivity contribution in [3.8, 4) is 0 Å². The van der Waals surface area contributed by atoms with Crippen LogP contribution in [0.2, 0.25) is 0 Å². The zero-order chi connectivity index (χ0) is 8.59. The van der Waals surface area contributed by atoms with Gasteiger partial charge in [-0.2, -0.15) is 0 Å². The summed E-state index contributed by atoms with van der Waals surface area (Å²) in [6.45, 7) is 1.92. The van der Waals surface area contributed by atoms with E-state index in [1.54, 1.807) is 19.0 Å². The van der Waals surface area contributed by atoms with Crippen LogP contribution in [0.1, 0.15) is 13.3 Å². The number of urea groups is 1. The van der Waals surface area contributed by atoms with E-state index >= 15 is 0 Å². The third-order valence-corrected chi connectivity index (χ3v) is 2.26. The lowest BCUT2D eigenvalue weighted by Gasteiger charge is -2.39. The summed E-state index contributed by atoms with van der Waals surface area (Å²) in [6, 6.07) is 0.0185. The topological polar surface area (TPSA) is 43.8 Å². The van der Waals surface area contributed by atoms with Crippen molar-refractivity contribution in [1.82, 2.24) is 9.80 Å². The molecule has 2 atom stereocenters. The Kier molecular flexibility index (Phi) is 2.04. The van der Waals surface area contributed by atoms with Crippen LogP contribution in [0.15, 0.2) is 0 Å². The van der Waals surface area contributed by atoms with Gasteiger partial charge in [0.15, 0.2) is 0 Å². The minimum Gasteiger partial charge on any atom is -0.373 e. The van der Waals surface area contributed by atoms with Crippen LogP contribution in [0.25, 0.3) is 0 Å². The number of nitrogens with zero attached hydrogens (tertiary/aromatic N) is 2. The Morgan fingerprint density at radius 3 is 2.55 bits per heavy atom. The lowest BCUT2D eigenvalue weighted by Crippen LogP contribution is -2.54. The minimum atomic E-state index is -0.617. The molecule has 1 N–H and O–H groups in total. The Labute approximate surface area is 66.4 Å². The number of carbonyl (C=O) groups is 1. The van der Waals surface area contributed by atoms with E-state index in [0.29, 0.717) is 6.42 Å². The quantitative estimate of drug-likeness (QED) is 0.542. The minimum absolute atomic E-state index is 0.115. The first-order chi connectivity index (χ1) is 5.04. The smallest absolute Gasteiger partial charge is 0.321 e. The third kappa shape index (κ3) is 1.30. The van der Waals surface area contributed by atoms with E-state index in [2.05, 4.69) is 0 Å². The van der Waals surface area contributed by atoms with Crippen LogP contribution in [-0.2, 0) is 0 Å². The van der Waals surface area contributed by atoms with Gasteiger partial charge in [0.2, 0.25) is 0 Å². The van der Waals surface area contributed by atoms with Crippen LogP contribution in [0, 0.1) is 0 Å². The van der Waals surface area contributed by atoms with Gasteiger partial charge in [-0.1, -0.05) is 0 Å². The summed E-state index contributed by atoms with van der Waals surface area (Å²) in [6.07, 6.45) is 0.00681. The van der Waals surface area contributed by atoms with Gasteiger partial charge in [0.1, 0.15) is 6.23 Å². The summed E-state index contributed by atoms with van der Waals surface area (Å²) in [4.78, 5) is 14.2. The lowest BCUT2D eigenvalue weighted by atomic mass is 10.1. The van der Waals surface area contributed by atoms with Crippen molar-refractivity contribution >= 4 is 6.03 Å². The summed E-state index contributed by atoms with van der Waals surface area (Å²) >= 11 is 0. The van der Waals surface area contributed by atoms with Gasteiger partial charge in [-0.15, -0.1) is 0 Å². The molecule has 64 valence electrons. The highest BCUT2D eigenvalue weighted by Crippen LogP contribution is 2.16. The Morgan fingerprint density at radius 1 is 1.45 bits per heavy atom. The summed E-state index contributed by atoms with van der Waals surface area (Å²) in [5.41, 5.74) is 0. The molecule has 2 unspecified atom stereocenters. The first kappa shape index (κ1) is 8.33. The van der Waals surface area contributed by atoms with Gasteiger partial charge in [-0.05, 0) is 6.92 Å². The van der Waals surface area contributed by atoms with E-state index in [1.807, 2.05) is 6.92 Å². The first-order valence-electron chi connectivity index (χ1n) is 3.71. The number of hydrogen-bond donors (Lipinski definition) is 1. The van der Waals surface area contributed by atoms with E-state index in [4.69, 9.17) is 0 Å². The normalized spacial score (nSPS) is 32.9. The molecule has 2 amide bonds. The van der Waals surface area contributed by atoms with E-state index in [0.717, 1.165) is 0 Å². The van der Waals surface area contributed by atoms with Crippen molar-refractivity contribution in [3.05, 3.63) is 0 Å². The third-order valence-electron chi connectivity index (χ3n) is 2.26. The standard InChI is InChI=1S/C7H14N2O2/c1-5-4-6(10)9(3)7(11)8(5)2/h5-6,10H,4H2,1-3H3. The maximum Gasteiger partial charge on any atom is 0.321 e. The van der Waals surface area contributed by atoms with E-state index in [-0.39, 0.29) is 12.1 Å². The second-order valence-electron chi connectivity index (χ2n) is 3.07. The fourth-order valence-corrected chi connectivity index (χ4v) is 1.19. The van der Waals surface area contributed by atoms with Crippen LogP contribution < -0.4 is 0 Å². The Bertz CT molecular complexity index is 156. The molecule has 4 heteroatoms. The largest absolute Gasteiger partial charge is 0.373 e. The van der Waals surface area contributed by atoms with Gasteiger partial charge >= 0.3 is 6.03 Å². The van der Waals surface area contributed by atoms with Gasteiger partial charge < -0.3 is 14.9 Å². The predicted octanol–water partition coefficient (Wildman–Crippen LogP) is 0.0806. The number of rotatable bonds is 0. The van der Waals surface area contributed by atoms with Crippen LogP contribution in [0.4, 0.5) is 4.79 Å². The fourth-order valence-electron chi connectivity index (χ4n) is 1.19. The summed E-state index contributed by atoms with van der Waals surface area (Å²) in [5, 5.41) is 9.31. The molecule has 0 spiro atoms. The molecule has 0 saturated carbocycles. The van der Waals surface area contributed by atoms with Gasteiger partial charge in [0.05, 0.1) is 0 Å². The van der Waals surface area contributed by atoms with Gasteiger partial charge in [0.25, 0.3) is 0 Å². The average Bonchev–Trinajstić information content (AvgIpc) is 1.97. The van der Waals surface area contributed by atoms with Crippen molar-refractivity contribution in [2.24, 2.45) is 0 Å². The maximum absolute atomic E-state index is 11.2. The fraction of sp³-hybridized carbons (Fsp3) is 0.857. The van der Waals surface area contributed by atoms with Crippen molar-refractivity contribution < 1.29 is 9.90 Å². The molecule has 4 nitrogen and oxygen atoms in total. The zero-order valence-electron chi connectivity index (χ0n) is 7.11. The summed E-state index contributed by atoms with van der Waals surface area (Å²) in [5.74, 6) is 0. The van der Waals surface area contributed by atoms with Gasteiger partial charge in [-0.25, -0.2) is 4.79 Å². The second-order valence-corrected chi connectivity index (χ2v) is 3.07. The molecule has 0 aliphatic carbocycles. The van der Waals surface area contributed by atoms with E-state index < -0.39 is 6.23 Å². The average molecular weight is 158 g/mol. The molecule has 11 heavy (non-hydrogen) atoms. The van der Waals surface area contributed by atoms with Crippen molar-refractivity contribution in [2.45, 2.75) is 25.6 Å². The number of aliphatic hydroxyl groups excluding tert-OH is 1. The molecule has 1 aliphatic rings. The number of amides is 2. The highest BCUT2D eigenvalue weighted by Gasteiger charge is 2.31. The molecule has 1 saturated heterocycles. The first-order valence-corrected chi connectivity index (χ1v) is 3.71. The zero-order valence-corrected chi connectivity index (χ0v) is 7.11. The van der Waals surface area contributed by atoms with Crippen LogP contribution >= 0.6 is 0 Å². The van der Waals surface area contributed by atoms with Crippen LogP contribution in [-0.4, -0.2) is 47.3 Å². The molecule has 0 bridgehead atoms. The van der Waals surface area contributed by atoms with Crippen LogP contribution in [0.5, 0.6) is 0 Å². The Hall–Kier alpha value is -0.770. The number of hydrogen-bond acceptors (Lipinski definition) is 2. The lowest BCUT2D eigenvalue weighted by molar-refractivity contribution is -0.0143. The summed E-state index contributed by atoms with van der Waals surface area (Å²) < 4.78 is 0. The molecule has 0 aromatic heterocycles. The maximum atomic E-state index is 11.2. The molecule has 1 fully saturated rings. The Balaban J connectivity index is 2.71. The Morgan fingerprint density at radius 2 is 2.00 bits per heavy atom. The SMILES string of the molecule is CC1CC(O)N(C)C(=O)N1C. The van der Waals surface area contributed by atoms with Crippen molar-refractivity contribution in [3.63, 3.8) is 0 Å². The molecule has 1 heterocycles. The van der Waals surface area contributed by atoms with E-state index in [1.165, 1.54) is 4.90 Å². The molecule has 0 aromatic rings. The monoisotopic (exact) mass is 158 g/mol. The molecule has 0 radical (unpaired) electrons. The highest BCUT2D eigenvalue weighted by molar-refractivity contribution is 5.75. The van der Waals surface area contributed by atoms with Gasteiger partial charge in [0, 0.05) is 26.6 Å². The molecular weight excluding hydrogens is 144 g/mol.